The number of pyridine rings is 2. The van der Waals surface area contributed by atoms with Gasteiger partial charge in [-0.15, -0.1) is 0 Å². The molecule has 0 atom stereocenters. The van der Waals surface area contributed by atoms with E-state index >= 15 is 0 Å². The molecule has 0 radical (unpaired) electrons. The van der Waals surface area contributed by atoms with Gasteiger partial charge in [0.15, 0.2) is 5.65 Å². The van der Waals surface area contributed by atoms with Crippen molar-refractivity contribution in [2.45, 2.75) is 46.6 Å². The van der Waals surface area contributed by atoms with Gasteiger partial charge in [-0.3, -0.25) is 4.98 Å². The number of aromatic nitrogens is 4. The van der Waals surface area contributed by atoms with Crippen LogP contribution in [-0.4, -0.2) is 39.1 Å². The summed E-state index contributed by atoms with van der Waals surface area (Å²) in [6, 6.07) is 6.33. The van der Waals surface area contributed by atoms with Crippen molar-refractivity contribution in [3.63, 3.8) is 0 Å². The molecule has 1 aliphatic heterocycles. The number of rotatable bonds is 3. The summed E-state index contributed by atoms with van der Waals surface area (Å²) >= 11 is 0. The summed E-state index contributed by atoms with van der Waals surface area (Å²) in [4.78, 5) is 20.5. The Morgan fingerprint density at radius 2 is 1.74 bits per heavy atom. The number of hydrogen-bond donors (Lipinski definition) is 0. The van der Waals surface area contributed by atoms with Gasteiger partial charge in [-0.05, 0) is 51.5 Å². The first-order valence-electron chi connectivity index (χ1n) is 9.46. The molecule has 6 heteroatoms. The Kier molecular flexibility index (Phi) is 4.64. The van der Waals surface area contributed by atoms with Crippen molar-refractivity contribution in [3.8, 4) is 5.88 Å². The molecule has 0 aliphatic carbocycles. The Balaban J connectivity index is 1.46. The predicted molar refractivity (Wildman–Crippen MR) is 106 cm³/mol. The molecule has 27 heavy (non-hydrogen) atoms. The smallest absolute Gasteiger partial charge is 0.235 e. The van der Waals surface area contributed by atoms with Gasteiger partial charge in [-0.2, -0.15) is 0 Å². The molecule has 1 saturated heterocycles. The first-order chi connectivity index (χ1) is 13.0. The lowest BCUT2D eigenvalue weighted by molar-refractivity contribution is 0.161. The van der Waals surface area contributed by atoms with Gasteiger partial charge in [0.2, 0.25) is 5.88 Å². The van der Waals surface area contributed by atoms with Gasteiger partial charge in [0, 0.05) is 43.2 Å². The molecule has 3 aromatic heterocycles. The predicted octanol–water partition coefficient (Wildman–Crippen LogP) is 3.70. The van der Waals surface area contributed by atoms with Crippen LogP contribution in [0.25, 0.3) is 11.0 Å². The Morgan fingerprint density at radius 1 is 0.963 bits per heavy atom. The minimum atomic E-state index is 0.166. The molecular formula is C21H25N5O. The van der Waals surface area contributed by atoms with Crippen LogP contribution in [0.15, 0.2) is 24.4 Å². The molecule has 3 aromatic rings. The van der Waals surface area contributed by atoms with Crippen molar-refractivity contribution in [2.24, 2.45) is 0 Å². The first-order valence-corrected chi connectivity index (χ1v) is 9.46. The zero-order chi connectivity index (χ0) is 19.0. The van der Waals surface area contributed by atoms with Crippen LogP contribution in [0.5, 0.6) is 5.88 Å². The summed E-state index contributed by atoms with van der Waals surface area (Å²) in [5.41, 5.74) is 4.78. The molecular weight excluding hydrogens is 338 g/mol. The Labute approximate surface area is 159 Å². The Hall–Kier alpha value is -2.76. The molecule has 4 rings (SSSR count). The molecule has 4 heterocycles. The highest BCUT2D eigenvalue weighted by Crippen LogP contribution is 2.25. The number of hydrogen-bond acceptors (Lipinski definition) is 6. The van der Waals surface area contributed by atoms with Crippen molar-refractivity contribution in [2.75, 3.05) is 18.0 Å². The summed E-state index contributed by atoms with van der Waals surface area (Å²) in [7, 11) is 0. The van der Waals surface area contributed by atoms with E-state index in [4.69, 9.17) is 9.72 Å². The fraction of sp³-hybridized carbons (Fsp3) is 0.429. The molecule has 0 unspecified atom stereocenters. The SMILES string of the molecule is Cc1cnc(C)c(OC2CCN(c3ccc4c(C)cc(C)nc4n3)CC2)n1. The monoisotopic (exact) mass is 363 g/mol. The fourth-order valence-electron chi connectivity index (χ4n) is 3.59. The van der Waals surface area contributed by atoms with Gasteiger partial charge in [-0.1, -0.05) is 0 Å². The summed E-state index contributed by atoms with van der Waals surface area (Å²) < 4.78 is 6.12. The molecule has 6 nitrogen and oxygen atoms in total. The second-order valence-electron chi connectivity index (χ2n) is 7.33. The van der Waals surface area contributed by atoms with E-state index in [2.05, 4.69) is 45.0 Å². The molecule has 1 fully saturated rings. The molecule has 0 N–H and O–H groups in total. The highest BCUT2D eigenvalue weighted by atomic mass is 16.5. The summed E-state index contributed by atoms with van der Waals surface area (Å²) in [6.07, 6.45) is 3.82. The van der Waals surface area contributed by atoms with E-state index in [0.29, 0.717) is 5.88 Å². The van der Waals surface area contributed by atoms with Crippen LogP contribution in [0.4, 0.5) is 5.82 Å². The van der Waals surface area contributed by atoms with Crippen molar-refractivity contribution in [1.29, 1.82) is 0 Å². The van der Waals surface area contributed by atoms with Crippen LogP contribution in [0.1, 0.15) is 35.5 Å². The van der Waals surface area contributed by atoms with Gasteiger partial charge >= 0.3 is 0 Å². The fourth-order valence-corrected chi connectivity index (χ4v) is 3.59. The summed E-state index contributed by atoms with van der Waals surface area (Å²) in [5.74, 6) is 1.65. The van der Waals surface area contributed by atoms with E-state index in [1.165, 1.54) is 5.56 Å². The van der Waals surface area contributed by atoms with Gasteiger partial charge in [0.05, 0.1) is 11.4 Å². The lowest BCUT2D eigenvalue weighted by atomic mass is 10.1. The molecule has 0 saturated carbocycles. The number of anilines is 1. The van der Waals surface area contributed by atoms with Crippen molar-refractivity contribution in [3.05, 3.63) is 47.0 Å². The second kappa shape index (κ2) is 7.10. The number of ether oxygens (including phenoxy) is 1. The standard InChI is InChI=1S/C21H25N5O/c1-13-11-14(2)23-20-18(13)5-6-19(25-20)26-9-7-17(8-10-26)27-21-16(4)22-12-15(3)24-21/h5-6,11-12,17H,7-10H2,1-4H3. The summed E-state index contributed by atoms with van der Waals surface area (Å²) in [5, 5.41) is 1.12. The van der Waals surface area contributed by atoms with Crippen LogP contribution < -0.4 is 9.64 Å². The second-order valence-corrected chi connectivity index (χ2v) is 7.33. The van der Waals surface area contributed by atoms with Gasteiger partial charge in [0.1, 0.15) is 11.9 Å². The number of aryl methyl sites for hydroxylation is 4. The van der Waals surface area contributed by atoms with Crippen LogP contribution in [0.2, 0.25) is 0 Å². The van der Waals surface area contributed by atoms with E-state index in [0.717, 1.165) is 59.9 Å². The van der Waals surface area contributed by atoms with Gasteiger partial charge < -0.3 is 9.64 Å². The third-order valence-corrected chi connectivity index (χ3v) is 5.07. The maximum atomic E-state index is 6.12. The summed E-state index contributed by atoms with van der Waals surface area (Å²) in [6.45, 7) is 9.81. The van der Waals surface area contributed by atoms with E-state index in [1.54, 1.807) is 6.20 Å². The third-order valence-electron chi connectivity index (χ3n) is 5.07. The number of piperidine rings is 1. The molecule has 1 aliphatic rings. The minimum absolute atomic E-state index is 0.166. The molecule has 0 aromatic carbocycles. The lowest BCUT2D eigenvalue weighted by Crippen LogP contribution is -2.39. The van der Waals surface area contributed by atoms with Crippen LogP contribution in [0.3, 0.4) is 0 Å². The van der Waals surface area contributed by atoms with E-state index in [-0.39, 0.29) is 6.10 Å². The third kappa shape index (κ3) is 3.70. The highest BCUT2D eigenvalue weighted by Gasteiger charge is 2.23. The molecule has 0 spiro atoms. The molecule has 0 bridgehead atoms. The zero-order valence-electron chi connectivity index (χ0n) is 16.4. The molecule has 140 valence electrons. The average molecular weight is 363 g/mol. The van der Waals surface area contributed by atoms with Crippen LogP contribution >= 0.6 is 0 Å². The van der Waals surface area contributed by atoms with Crippen molar-refractivity contribution < 1.29 is 4.74 Å². The van der Waals surface area contributed by atoms with Crippen LogP contribution in [0, 0.1) is 27.7 Å². The highest BCUT2D eigenvalue weighted by molar-refractivity contribution is 5.80. The average Bonchev–Trinajstić information content (AvgIpc) is 2.65. The maximum absolute atomic E-state index is 6.12. The largest absolute Gasteiger partial charge is 0.473 e. The van der Waals surface area contributed by atoms with Crippen LogP contribution in [-0.2, 0) is 0 Å². The minimum Gasteiger partial charge on any atom is -0.473 e. The van der Waals surface area contributed by atoms with Crippen molar-refractivity contribution in [1.82, 2.24) is 19.9 Å². The number of fused-ring (bicyclic) bond motifs is 1. The van der Waals surface area contributed by atoms with Crippen molar-refractivity contribution >= 4 is 16.9 Å². The van der Waals surface area contributed by atoms with Gasteiger partial charge in [0.25, 0.3) is 0 Å². The normalized spacial score (nSPS) is 15.3. The zero-order valence-corrected chi connectivity index (χ0v) is 16.4. The topological polar surface area (TPSA) is 64.0 Å². The lowest BCUT2D eigenvalue weighted by Gasteiger charge is -2.33. The molecule has 0 amide bonds. The van der Waals surface area contributed by atoms with E-state index in [9.17, 15) is 0 Å². The van der Waals surface area contributed by atoms with E-state index in [1.807, 2.05) is 20.8 Å². The maximum Gasteiger partial charge on any atom is 0.235 e. The van der Waals surface area contributed by atoms with Gasteiger partial charge in [-0.25, -0.2) is 15.0 Å². The quantitative estimate of drug-likeness (QED) is 0.707. The Morgan fingerprint density at radius 3 is 2.52 bits per heavy atom. The Bertz CT molecular complexity index is 980. The first kappa shape index (κ1) is 17.6. The number of nitrogens with zero attached hydrogens (tertiary/aromatic N) is 5. The van der Waals surface area contributed by atoms with E-state index < -0.39 is 0 Å².